The van der Waals surface area contributed by atoms with E-state index < -0.39 is 11.6 Å². The van der Waals surface area contributed by atoms with Crippen LogP contribution in [-0.2, 0) is 0 Å². The quantitative estimate of drug-likeness (QED) is 0.784. The van der Waals surface area contributed by atoms with Gasteiger partial charge in [-0.3, -0.25) is 0 Å². The molecule has 20 heavy (non-hydrogen) atoms. The lowest BCUT2D eigenvalue weighted by molar-refractivity contribution is 0.509. The summed E-state index contributed by atoms with van der Waals surface area (Å²) >= 11 is 11.1. The lowest BCUT2D eigenvalue weighted by atomic mass is 10.2. The van der Waals surface area contributed by atoms with Crippen LogP contribution in [0.15, 0.2) is 36.4 Å². The Morgan fingerprint density at radius 2 is 1.60 bits per heavy atom. The molecule has 0 aliphatic rings. The minimum Gasteiger partial charge on any atom is -0.332 e. The average Bonchev–Trinajstić information content (AvgIpc) is 2.38. The third kappa shape index (κ3) is 3.65. The van der Waals surface area contributed by atoms with E-state index in [1.807, 2.05) is 19.1 Å². The minimum atomic E-state index is -0.934. The largest absolute Gasteiger partial charge is 0.332 e. The first-order valence-electron chi connectivity index (χ1n) is 5.75. The van der Waals surface area contributed by atoms with Crippen LogP contribution in [0.5, 0.6) is 0 Å². The van der Waals surface area contributed by atoms with E-state index in [1.54, 1.807) is 6.07 Å². The molecule has 104 valence electrons. The fourth-order valence-corrected chi connectivity index (χ4v) is 1.95. The van der Waals surface area contributed by atoms with E-state index in [0.717, 1.165) is 17.7 Å². The Labute approximate surface area is 125 Å². The van der Waals surface area contributed by atoms with Crippen LogP contribution < -0.4 is 10.6 Å². The molecule has 0 saturated heterocycles. The van der Waals surface area contributed by atoms with Gasteiger partial charge in [-0.1, -0.05) is 17.7 Å². The summed E-state index contributed by atoms with van der Waals surface area (Å²) in [5.41, 5.74) is 2.02. The van der Waals surface area contributed by atoms with Gasteiger partial charge in [0, 0.05) is 22.5 Å². The number of thiocarbonyl (C=S) groups is 1. The van der Waals surface area contributed by atoms with Gasteiger partial charge in [0.15, 0.2) is 16.7 Å². The Kier molecular flexibility index (Phi) is 4.52. The van der Waals surface area contributed by atoms with E-state index in [0.29, 0.717) is 16.4 Å². The van der Waals surface area contributed by atoms with Crippen molar-refractivity contribution in [3.8, 4) is 0 Å². The van der Waals surface area contributed by atoms with Gasteiger partial charge in [-0.05, 0) is 49.0 Å². The number of hydrogen-bond donors (Lipinski definition) is 2. The molecule has 0 heterocycles. The van der Waals surface area contributed by atoms with Crippen molar-refractivity contribution < 1.29 is 8.78 Å². The van der Waals surface area contributed by atoms with Crippen LogP contribution in [0.4, 0.5) is 20.2 Å². The van der Waals surface area contributed by atoms with Gasteiger partial charge in [-0.25, -0.2) is 8.78 Å². The lowest BCUT2D eigenvalue weighted by Gasteiger charge is -2.11. The molecule has 6 heteroatoms. The van der Waals surface area contributed by atoms with Crippen molar-refractivity contribution in [3.63, 3.8) is 0 Å². The predicted molar refractivity (Wildman–Crippen MR) is 82.4 cm³/mol. The molecule has 2 aromatic carbocycles. The molecule has 0 unspecified atom stereocenters. The van der Waals surface area contributed by atoms with Crippen LogP contribution in [0.3, 0.4) is 0 Å². The highest BCUT2D eigenvalue weighted by Gasteiger charge is 2.05. The van der Waals surface area contributed by atoms with E-state index in [4.69, 9.17) is 23.8 Å². The topological polar surface area (TPSA) is 24.1 Å². The van der Waals surface area contributed by atoms with Gasteiger partial charge in [0.25, 0.3) is 0 Å². The maximum atomic E-state index is 13.1. The number of nitrogens with one attached hydrogen (secondary N) is 2. The minimum absolute atomic E-state index is 0.260. The number of benzene rings is 2. The van der Waals surface area contributed by atoms with Gasteiger partial charge in [-0.15, -0.1) is 0 Å². The second kappa shape index (κ2) is 6.15. The molecule has 0 aromatic heterocycles. The zero-order valence-corrected chi connectivity index (χ0v) is 12.1. The lowest BCUT2D eigenvalue weighted by Crippen LogP contribution is -2.19. The third-order valence-electron chi connectivity index (χ3n) is 2.61. The molecule has 0 saturated carbocycles. The standard InChI is InChI=1S/C14H11ClF2N2S/c1-8-2-3-9(6-11(8)15)18-14(20)19-10-4-5-12(16)13(17)7-10/h2-7H,1H3,(H2,18,19,20). The predicted octanol–water partition coefficient (Wildman–Crippen LogP) is 4.74. The molecule has 0 aliphatic carbocycles. The molecular weight excluding hydrogens is 302 g/mol. The number of halogens is 3. The molecule has 0 spiro atoms. The molecule has 0 amide bonds. The summed E-state index contributed by atoms with van der Waals surface area (Å²) in [7, 11) is 0. The smallest absolute Gasteiger partial charge is 0.175 e. The SMILES string of the molecule is Cc1ccc(NC(=S)Nc2ccc(F)c(F)c2)cc1Cl. The van der Waals surface area contributed by atoms with E-state index in [-0.39, 0.29) is 5.11 Å². The molecule has 2 N–H and O–H groups in total. The first-order chi connectivity index (χ1) is 9.45. The van der Waals surface area contributed by atoms with Crippen molar-refractivity contribution in [1.82, 2.24) is 0 Å². The highest BCUT2D eigenvalue weighted by molar-refractivity contribution is 7.80. The molecule has 0 bridgehead atoms. The highest BCUT2D eigenvalue weighted by Crippen LogP contribution is 2.20. The van der Waals surface area contributed by atoms with Crippen molar-refractivity contribution >= 4 is 40.3 Å². The van der Waals surface area contributed by atoms with Gasteiger partial charge in [-0.2, -0.15) is 0 Å². The van der Waals surface area contributed by atoms with Crippen molar-refractivity contribution in [3.05, 3.63) is 58.6 Å². The van der Waals surface area contributed by atoms with Gasteiger partial charge < -0.3 is 10.6 Å². The Morgan fingerprint density at radius 1 is 1.00 bits per heavy atom. The molecule has 0 radical (unpaired) electrons. The number of anilines is 2. The van der Waals surface area contributed by atoms with Gasteiger partial charge in [0.2, 0.25) is 0 Å². The summed E-state index contributed by atoms with van der Waals surface area (Å²) in [6, 6.07) is 8.87. The third-order valence-corrected chi connectivity index (χ3v) is 3.22. The number of hydrogen-bond acceptors (Lipinski definition) is 1. The maximum Gasteiger partial charge on any atom is 0.175 e. The molecule has 2 rings (SSSR count). The summed E-state index contributed by atoms with van der Waals surface area (Å²) in [6.07, 6.45) is 0. The average molecular weight is 313 g/mol. The maximum absolute atomic E-state index is 13.1. The van der Waals surface area contributed by atoms with Crippen molar-refractivity contribution in [2.24, 2.45) is 0 Å². The monoisotopic (exact) mass is 312 g/mol. The zero-order chi connectivity index (χ0) is 14.7. The van der Waals surface area contributed by atoms with Crippen molar-refractivity contribution in [1.29, 1.82) is 0 Å². The number of aryl methyl sites for hydroxylation is 1. The van der Waals surface area contributed by atoms with Crippen LogP contribution in [0.25, 0.3) is 0 Å². The first-order valence-corrected chi connectivity index (χ1v) is 6.53. The van der Waals surface area contributed by atoms with Crippen LogP contribution >= 0.6 is 23.8 Å². The molecule has 2 nitrogen and oxygen atoms in total. The highest BCUT2D eigenvalue weighted by atomic mass is 35.5. The van der Waals surface area contributed by atoms with Crippen LogP contribution in [0.2, 0.25) is 5.02 Å². The summed E-state index contributed by atoms with van der Waals surface area (Å²) < 4.78 is 25.9. The molecule has 0 atom stereocenters. The second-order valence-electron chi connectivity index (χ2n) is 4.17. The van der Waals surface area contributed by atoms with Gasteiger partial charge in [0.1, 0.15) is 0 Å². The molecule has 0 aliphatic heterocycles. The Hall–Kier alpha value is -1.72. The summed E-state index contributed by atoms with van der Waals surface area (Å²) in [4.78, 5) is 0. The Morgan fingerprint density at radius 3 is 2.20 bits per heavy atom. The van der Waals surface area contributed by atoms with Crippen LogP contribution in [-0.4, -0.2) is 5.11 Å². The van der Waals surface area contributed by atoms with Crippen molar-refractivity contribution in [2.75, 3.05) is 10.6 Å². The van der Waals surface area contributed by atoms with E-state index in [1.165, 1.54) is 6.07 Å². The normalized spacial score (nSPS) is 10.2. The second-order valence-corrected chi connectivity index (χ2v) is 4.99. The van der Waals surface area contributed by atoms with Crippen LogP contribution in [0.1, 0.15) is 5.56 Å². The van der Waals surface area contributed by atoms with Crippen molar-refractivity contribution in [2.45, 2.75) is 6.92 Å². The van der Waals surface area contributed by atoms with Gasteiger partial charge >= 0.3 is 0 Å². The summed E-state index contributed by atoms with van der Waals surface area (Å²) in [5, 5.41) is 6.55. The van der Waals surface area contributed by atoms with Gasteiger partial charge in [0.05, 0.1) is 0 Å². The molecule has 2 aromatic rings. The zero-order valence-electron chi connectivity index (χ0n) is 10.5. The van der Waals surface area contributed by atoms with E-state index in [2.05, 4.69) is 10.6 Å². The number of rotatable bonds is 2. The summed E-state index contributed by atoms with van der Waals surface area (Å²) in [5.74, 6) is -1.84. The van der Waals surface area contributed by atoms with Crippen LogP contribution in [0, 0.1) is 18.6 Å². The molecular formula is C14H11ClF2N2S. The van der Waals surface area contributed by atoms with E-state index >= 15 is 0 Å². The Bertz CT molecular complexity index is 606. The fraction of sp³-hybridized carbons (Fsp3) is 0.0714. The Balaban J connectivity index is 2.04. The first kappa shape index (κ1) is 14.7. The molecule has 0 fully saturated rings. The summed E-state index contributed by atoms with van der Waals surface area (Å²) in [6.45, 7) is 1.89. The van der Waals surface area contributed by atoms with E-state index in [9.17, 15) is 8.78 Å². The fourth-order valence-electron chi connectivity index (χ4n) is 1.54.